The molecule has 0 unspecified atom stereocenters. The van der Waals surface area contributed by atoms with Gasteiger partial charge < -0.3 is 15.0 Å². The summed E-state index contributed by atoms with van der Waals surface area (Å²) in [7, 11) is 4.11. The Balaban J connectivity index is 1.66. The van der Waals surface area contributed by atoms with Crippen LogP contribution in [0.1, 0.15) is 20.3 Å². The molecule has 0 spiro atoms. The van der Waals surface area contributed by atoms with Crippen LogP contribution in [0.15, 0.2) is 24.5 Å². The van der Waals surface area contributed by atoms with Crippen molar-refractivity contribution in [1.82, 2.24) is 24.5 Å². The Hall–Kier alpha value is -2.19. The Kier molecular flexibility index (Phi) is 6.05. The first kappa shape index (κ1) is 18.6. The second-order valence-electron chi connectivity index (χ2n) is 6.91. The molecule has 0 aliphatic heterocycles. The summed E-state index contributed by atoms with van der Waals surface area (Å²) in [6, 6.07) is 3.90. The highest BCUT2D eigenvalue weighted by atomic mass is 32.1. The van der Waals surface area contributed by atoms with Crippen molar-refractivity contribution in [1.29, 1.82) is 0 Å². The highest BCUT2D eigenvalue weighted by molar-refractivity contribution is 7.20. The highest BCUT2D eigenvalue weighted by Crippen LogP contribution is 2.26. The Labute approximate surface area is 158 Å². The molecule has 1 N–H and O–H groups in total. The minimum absolute atomic E-state index is 0.570. The predicted octanol–water partition coefficient (Wildman–Crippen LogP) is 3.25. The third kappa shape index (κ3) is 4.70. The number of rotatable bonds is 9. The molecule has 3 heterocycles. The number of hydrogen-bond donors (Lipinski definition) is 1. The fraction of sp³-hybridized carbons (Fsp3) is 0.500. The summed E-state index contributed by atoms with van der Waals surface area (Å²) in [4.78, 5) is 11.9. The molecule has 3 aromatic rings. The molecule has 0 radical (unpaired) electrons. The fourth-order valence-electron chi connectivity index (χ4n) is 2.43. The van der Waals surface area contributed by atoms with Crippen molar-refractivity contribution in [2.45, 2.75) is 20.3 Å². The van der Waals surface area contributed by atoms with Gasteiger partial charge in [0.15, 0.2) is 0 Å². The van der Waals surface area contributed by atoms with Gasteiger partial charge in [0.1, 0.15) is 0 Å². The summed E-state index contributed by atoms with van der Waals surface area (Å²) < 4.78 is 7.55. The first-order valence-electron chi connectivity index (χ1n) is 8.85. The molecule has 26 heavy (non-hydrogen) atoms. The van der Waals surface area contributed by atoms with Crippen molar-refractivity contribution in [3.63, 3.8) is 0 Å². The molecule has 0 atom stereocenters. The van der Waals surface area contributed by atoms with Gasteiger partial charge in [-0.3, -0.25) is 0 Å². The molecule has 0 aliphatic carbocycles. The number of ether oxygens (including phenoxy) is 1. The van der Waals surface area contributed by atoms with Crippen LogP contribution in [0.5, 0.6) is 5.88 Å². The maximum absolute atomic E-state index is 5.69. The van der Waals surface area contributed by atoms with E-state index in [1.807, 2.05) is 29.0 Å². The summed E-state index contributed by atoms with van der Waals surface area (Å²) in [5.74, 6) is 1.21. The van der Waals surface area contributed by atoms with Gasteiger partial charge in [0, 0.05) is 30.9 Å². The van der Waals surface area contributed by atoms with Crippen LogP contribution in [0.25, 0.3) is 16.2 Å². The van der Waals surface area contributed by atoms with Crippen molar-refractivity contribution in [2.24, 2.45) is 5.92 Å². The normalized spacial score (nSPS) is 11.6. The largest absolute Gasteiger partial charge is 0.478 e. The van der Waals surface area contributed by atoms with Gasteiger partial charge in [0.25, 0.3) is 0 Å². The standard InChI is InChI=1S/C18H26N6OS/c1-13(2)10-20-17-22-24-15(12-21-18(24)26-17)14-6-7-16(19-11-14)25-9-5-8-23(3)4/h6-7,11-13H,5,8-10H2,1-4H3,(H,20,22). The van der Waals surface area contributed by atoms with Crippen molar-refractivity contribution in [3.05, 3.63) is 24.5 Å². The highest BCUT2D eigenvalue weighted by Gasteiger charge is 2.12. The zero-order valence-corrected chi connectivity index (χ0v) is 16.6. The van der Waals surface area contributed by atoms with Gasteiger partial charge in [0.2, 0.25) is 16.0 Å². The molecule has 140 valence electrons. The molecule has 7 nitrogen and oxygen atoms in total. The molecule has 3 aromatic heterocycles. The zero-order valence-electron chi connectivity index (χ0n) is 15.8. The number of fused-ring (bicyclic) bond motifs is 1. The summed E-state index contributed by atoms with van der Waals surface area (Å²) in [5.41, 5.74) is 1.90. The summed E-state index contributed by atoms with van der Waals surface area (Å²) in [5, 5.41) is 8.86. The van der Waals surface area contributed by atoms with E-state index in [0.29, 0.717) is 18.4 Å². The number of hydrogen-bond acceptors (Lipinski definition) is 7. The molecule has 0 aliphatic rings. The Morgan fingerprint density at radius 2 is 2.08 bits per heavy atom. The van der Waals surface area contributed by atoms with Crippen molar-refractivity contribution < 1.29 is 4.74 Å². The van der Waals surface area contributed by atoms with Gasteiger partial charge >= 0.3 is 0 Å². The first-order chi connectivity index (χ1) is 12.5. The van der Waals surface area contributed by atoms with E-state index in [9.17, 15) is 0 Å². The molecule has 0 saturated heterocycles. The Morgan fingerprint density at radius 1 is 1.23 bits per heavy atom. The lowest BCUT2D eigenvalue weighted by atomic mass is 10.2. The number of anilines is 1. The zero-order chi connectivity index (χ0) is 18.5. The number of nitrogens with one attached hydrogen (secondary N) is 1. The first-order valence-corrected chi connectivity index (χ1v) is 9.67. The second kappa shape index (κ2) is 8.46. The van der Waals surface area contributed by atoms with Gasteiger partial charge in [-0.15, -0.1) is 5.10 Å². The molecule has 0 amide bonds. The van der Waals surface area contributed by atoms with Crippen molar-refractivity contribution >= 4 is 21.4 Å². The summed E-state index contributed by atoms with van der Waals surface area (Å²) >= 11 is 1.55. The quantitative estimate of drug-likeness (QED) is 0.580. The van der Waals surface area contributed by atoms with Crippen LogP contribution in [0.2, 0.25) is 0 Å². The number of nitrogens with zero attached hydrogens (tertiary/aromatic N) is 5. The maximum atomic E-state index is 5.69. The van der Waals surface area contributed by atoms with Crippen LogP contribution >= 0.6 is 11.3 Å². The van der Waals surface area contributed by atoms with E-state index in [-0.39, 0.29) is 0 Å². The molecule has 3 rings (SSSR count). The molecular weight excluding hydrogens is 348 g/mol. The summed E-state index contributed by atoms with van der Waals surface area (Å²) in [6.07, 6.45) is 4.62. The maximum Gasteiger partial charge on any atom is 0.214 e. The minimum Gasteiger partial charge on any atom is -0.478 e. The van der Waals surface area contributed by atoms with E-state index in [1.54, 1.807) is 11.3 Å². The van der Waals surface area contributed by atoms with Crippen molar-refractivity contribution in [2.75, 3.05) is 39.1 Å². The molecule has 8 heteroatoms. The van der Waals surface area contributed by atoms with Gasteiger partial charge in [-0.25, -0.2) is 14.5 Å². The van der Waals surface area contributed by atoms with Gasteiger partial charge in [-0.05, 0) is 32.5 Å². The minimum atomic E-state index is 0.570. The van der Waals surface area contributed by atoms with Crippen LogP contribution in [-0.2, 0) is 0 Å². The van der Waals surface area contributed by atoms with E-state index in [0.717, 1.165) is 40.9 Å². The molecule has 0 saturated carbocycles. The lowest BCUT2D eigenvalue weighted by Crippen LogP contribution is -2.15. The molecule has 0 bridgehead atoms. The smallest absolute Gasteiger partial charge is 0.214 e. The van der Waals surface area contributed by atoms with Crippen molar-refractivity contribution in [3.8, 4) is 17.1 Å². The SMILES string of the molecule is CC(C)CNc1nn2c(-c3ccc(OCCCN(C)C)nc3)cnc2s1. The lowest BCUT2D eigenvalue weighted by molar-refractivity contribution is 0.273. The lowest BCUT2D eigenvalue weighted by Gasteiger charge is -2.10. The topological polar surface area (TPSA) is 67.6 Å². The van der Waals surface area contributed by atoms with Crippen LogP contribution in [0, 0.1) is 5.92 Å². The van der Waals surface area contributed by atoms with Crippen LogP contribution in [-0.4, -0.2) is 58.3 Å². The number of imidazole rings is 1. The average Bonchev–Trinajstić information content (AvgIpc) is 3.17. The predicted molar refractivity (Wildman–Crippen MR) is 106 cm³/mol. The van der Waals surface area contributed by atoms with Crippen LogP contribution < -0.4 is 10.1 Å². The summed E-state index contributed by atoms with van der Waals surface area (Å²) in [6.45, 7) is 6.91. The molecule has 0 fully saturated rings. The van der Waals surface area contributed by atoms with E-state index in [1.165, 1.54) is 0 Å². The van der Waals surface area contributed by atoms with E-state index < -0.39 is 0 Å². The van der Waals surface area contributed by atoms with Gasteiger partial charge in [-0.1, -0.05) is 25.2 Å². The average molecular weight is 375 g/mol. The van der Waals surface area contributed by atoms with E-state index >= 15 is 0 Å². The number of aromatic nitrogens is 4. The molecule has 0 aromatic carbocycles. The second-order valence-corrected chi connectivity index (χ2v) is 7.87. The van der Waals surface area contributed by atoms with Crippen LogP contribution in [0.3, 0.4) is 0 Å². The van der Waals surface area contributed by atoms with Crippen LogP contribution in [0.4, 0.5) is 5.13 Å². The third-order valence-corrected chi connectivity index (χ3v) is 4.66. The third-order valence-electron chi connectivity index (χ3n) is 3.78. The molecular formula is C18H26N6OS. The number of pyridine rings is 1. The fourth-order valence-corrected chi connectivity index (χ4v) is 3.21. The van der Waals surface area contributed by atoms with E-state index in [2.05, 4.69) is 53.2 Å². The Bertz CT molecular complexity index is 824. The monoisotopic (exact) mass is 374 g/mol. The van der Waals surface area contributed by atoms with E-state index in [4.69, 9.17) is 4.74 Å². The van der Waals surface area contributed by atoms with Gasteiger partial charge in [-0.2, -0.15) is 0 Å². The Morgan fingerprint density at radius 3 is 2.77 bits per heavy atom. The van der Waals surface area contributed by atoms with Gasteiger partial charge in [0.05, 0.1) is 18.5 Å².